The number of pyridine rings is 3. The van der Waals surface area contributed by atoms with Crippen LogP contribution in [-0.4, -0.2) is 33.2 Å². The number of benzene rings is 8. The van der Waals surface area contributed by atoms with Gasteiger partial charge in [0.15, 0.2) is 0 Å². The minimum absolute atomic E-state index is 0.170. The van der Waals surface area contributed by atoms with Crippen LogP contribution in [0, 0.1) is 6.85 Å². The molecule has 7 heterocycles. The van der Waals surface area contributed by atoms with E-state index in [2.05, 4.69) is 164 Å². The number of rotatable bonds is 7. The topological polar surface area (TPSA) is 67.6 Å². The summed E-state index contributed by atoms with van der Waals surface area (Å²) < 4.78 is 43.6. The van der Waals surface area contributed by atoms with Gasteiger partial charge in [-0.05, 0) is 91.3 Å². The fourth-order valence-electron chi connectivity index (χ4n) is 11.3. The molecule has 0 atom stereocenters. The highest BCUT2D eigenvalue weighted by Gasteiger charge is 2.24. The average molecular weight is 927 g/mol. The van der Waals surface area contributed by atoms with Gasteiger partial charge in [0.25, 0.3) is 0 Å². The van der Waals surface area contributed by atoms with Crippen molar-refractivity contribution in [3.8, 4) is 45.5 Å². The second kappa shape index (κ2) is 15.6. The normalized spacial score (nSPS) is 12.8. The summed E-state index contributed by atoms with van der Waals surface area (Å²) in [7, 11) is 0. The van der Waals surface area contributed by atoms with Gasteiger partial charge in [0.1, 0.15) is 23.0 Å². The third kappa shape index (κ3) is 5.90. The molecule has 0 saturated heterocycles. The van der Waals surface area contributed by atoms with E-state index in [1.54, 1.807) is 24.7 Å². The summed E-state index contributed by atoms with van der Waals surface area (Å²) in [5.41, 5.74) is 11.5. The van der Waals surface area contributed by atoms with Gasteiger partial charge in [-0.2, -0.15) is 0 Å². The van der Waals surface area contributed by atoms with Gasteiger partial charge in [-0.15, -0.1) is 0 Å². The summed E-state index contributed by atoms with van der Waals surface area (Å²) in [6.07, 6.45) is 7.10. The molecule has 15 aromatic rings. The zero-order valence-corrected chi connectivity index (χ0v) is 38.5. The van der Waals surface area contributed by atoms with Crippen LogP contribution in [0.15, 0.2) is 231 Å². The number of ether oxygens (including phenoxy) is 1. The number of aromatic nitrogens is 7. The van der Waals surface area contributed by atoms with E-state index >= 15 is 0 Å². The maximum atomic E-state index is 9.39. The van der Waals surface area contributed by atoms with Crippen molar-refractivity contribution in [2.24, 2.45) is 0 Å². The van der Waals surface area contributed by atoms with Crippen LogP contribution in [-0.2, 0) is 0 Å². The van der Waals surface area contributed by atoms with Crippen LogP contribution in [0.4, 0.5) is 0 Å². The standard InChI is InChI=1S/C64H41N7O/c1-40-34-62(71-58-28-13-6-20-48(58)50-32-31-42(36-61(50)71)72-43-35-41(37-65-38-43)68-53-23-8-7-21-49(53)51-22-15-33-66-64(51)68)67-39-52(40)63-59(69-54-24-9-2-16-44(54)45-17-3-10-25-55(45)69)29-14-30-60(63)70-56-26-11-4-18-46(56)47-19-5-12-27-57(47)70/h2-39H,1H3/i1D3. The lowest BCUT2D eigenvalue weighted by Gasteiger charge is -2.21. The minimum Gasteiger partial charge on any atom is -0.456 e. The van der Waals surface area contributed by atoms with Crippen LogP contribution in [0.3, 0.4) is 0 Å². The van der Waals surface area contributed by atoms with Crippen molar-refractivity contribution in [2.75, 3.05) is 0 Å². The van der Waals surface area contributed by atoms with Gasteiger partial charge in [0.05, 0.1) is 68.1 Å². The Morgan fingerprint density at radius 3 is 1.46 bits per heavy atom. The Morgan fingerprint density at radius 1 is 0.389 bits per heavy atom. The van der Waals surface area contributed by atoms with Crippen LogP contribution in [0.2, 0.25) is 0 Å². The largest absolute Gasteiger partial charge is 0.456 e. The lowest BCUT2D eigenvalue weighted by Crippen LogP contribution is -2.05. The SMILES string of the molecule is [2H]C([2H])([2H])c1cc(-n2c3ccccc3c3ccc(Oc4cncc(-n5c6ccccc6c6cccnc65)c4)cc32)ncc1-c1c(-n2c3ccccc3c3ccccc32)cccc1-n1c2ccccc2c2ccccc21. The van der Waals surface area contributed by atoms with Gasteiger partial charge < -0.3 is 13.9 Å². The maximum Gasteiger partial charge on any atom is 0.147 e. The summed E-state index contributed by atoms with van der Waals surface area (Å²) in [6, 6.07) is 70.1. The van der Waals surface area contributed by atoms with Gasteiger partial charge >= 0.3 is 0 Å². The first kappa shape index (κ1) is 37.1. The van der Waals surface area contributed by atoms with Gasteiger partial charge in [0, 0.05) is 82.9 Å². The Kier molecular flexibility index (Phi) is 8.06. The van der Waals surface area contributed by atoms with Gasteiger partial charge in [-0.3, -0.25) is 14.1 Å². The molecule has 8 nitrogen and oxygen atoms in total. The summed E-state index contributed by atoms with van der Waals surface area (Å²) >= 11 is 0. The second-order valence-corrected chi connectivity index (χ2v) is 18.2. The van der Waals surface area contributed by atoms with Crippen molar-refractivity contribution < 1.29 is 8.85 Å². The van der Waals surface area contributed by atoms with E-state index < -0.39 is 6.85 Å². The Labute approximate surface area is 416 Å². The van der Waals surface area contributed by atoms with Crippen molar-refractivity contribution >= 4 is 87.4 Å². The number of fused-ring (bicyclic) bond motifs is 12. The van der Waals surface area contributed by atoms with E-state index in [0.29, 0.717) is 22.9 Å². The first-order valence-corrected chi connectivity index (χ1v) is 24.0. The molecule has 0 radical (unpaired) electrons. The zero-order valence-electron chi connectivity index (χ0n) is 41.5. The molecule has 15 rings (SSSR count). The fourth-order valence-corrected chi connectivity index (χ4v) is 11.3. The molecular weight excluding hydrogens is 883 g/mol. The van der Waals surface area contributed by atoms with Crippen molar-refractivity contribution in [3.63, 3.8) is 0 Å². The summed E-state index contributed by atoms with van der Waals surface area (Å²) in [6.45, 7) is -2.57. The molecule has 0 N–H and O–H groups in total. The average Bonchev–Trinajstić information content (AvgIpc) is 4.22. The molecule has 8 heteroatoms. The summed E-state index contributed by atoms with van der Waals surface area (Å²) in [4.78, 5) is 14.7. The number of aryl methyl sites for hydroxylation is 1. The molecule has 0 fully saturated rings. The predicted molar refractivity (Wildman–Crippen MR) is 294 cm³/mol. The molecule has 0 spiro atoms. The molecule has 7 aromatic heterocycles. The van der Waals surface area contributed by atoms with Crippen LogP contribution in [0.25, 0.3) is 121 Å². The lowest BCUT2D eigenvalue weighted by atomic mass is 9.98. The Hall–Kier alpha value is -9.79. The highest BCUT2D eigenvalue weighted by molar-refractivity contribution is 6.13. The Morgan fingerprint density at radius 2 is 0.889 bits per heavy atom. The molecule has 0 aliphatic heterocycles. The van der Waals surface area contributed by atoms with E-state index in [0.717, 1.165) is 110 Å². The molecule has 0 amide bonds. The maximum absolute atomic E-state index is 9.39. The van der Waals surface area contributed by atoms with Crippen LogP contribution in [0.1, 0.15) is 9.68 Å². The minimum atomic E-state index is -2.57. The predicted octanol–water partition coefficient (Wildman–Crippen LogP) is 16.0. The Bertz CT molecular complexity index is 4540. The highest BCUT2D eigenvalue weighted by Crippen LogP contribution is 2.44. The fraction of sp³-hybridized carbons (Fsp3) is 0.0156. The van der Waals surface area contributed by atoms with Crippen LogP contribution < -0.4 is 4.74 Å². The van der Waals surface area contributed by atoms with E-state index in [1.165, 1.54) is 0 Å². The number of hydrogen-bond donors (Lipinski definition) is 0. The molecule has 0 aliphatic rings. The van der Waals surface area contributed by atoms with E-state index in [4.69, 9.17) is 14.7 Å². The highest BCUT2D eigenvalue weighted by atomic mass is 16.5. The first-order chi connectivity index (χ1) is 36.9. The lowest BCUT2D eigenvalue weighted by molar-refractivity contribution is 0.480. The second-order valence-electron chi connectivity index (χ2n) is 18.2. The number of hydrogen-bond acceptors (Lipinski definition) is 4. The molecule has 0 unspecified atom stereocenters. The number of nitrogens with zero attached hydrogens (tertiary/aromatic N) is 7. The van der Waals surface area contributed by atoms with Crippen molar-refractivity contribution in [1.82, 2.24) is 33.2 Å². The van der Waals surface area contributed by atoms with E-state index in [9.17, 15) is 4.11 Å². The molecule has 338 valence electrons. The van der Waals surface area contributed by atoms with E-state index in [-0.39, 0.29) is 5.56 Å². The van der Waals surface area contributed by atoms with Crippen molar-refractivity contribution in [1.29, 1.82) is 0 Å². The molecule has 0 bridgehead atoms. The first-order valence-electron chi connectivity index (χ1n) is 25.5. The Balaban J connectivity index is 0.938. The monoisotopic (exact) mass is 926 g/mol. The third-order valence-electron chi connectivity index (χ3n) is 14.3. The quantitative estimate of drug-likeness (QED) is 0.160. The van der Waals surface area contributed by atoms with Crippen molar-refractivity contribution in [3.05, 3.63) is 237 Å². The summed E-state index contributed by atoms with van der Waals surface area (Å²) in [5.74, 6) is 1.59. The number of para-hydroxylation sites is 6. The molecule has 0 aliphatic carbocycles. The molecular formula is C64H41N7O. The third-order valence-corrected chi connectivity index (χ3v) is 14.3. The van der Waals surface area contributed by atoms with Gasteiger partial charge in [-0.1, -0.05) is 115 Å². The van der Waals surface area contributed by atoms with E-state index in [1.807, 2.05) is 65.4 Å². The summed E-state index contributed by atoms with van der Waals surface area (Å²) in [5, 5.41) is 8.52. The molecule has 8 aromatic carbocycles. The molecule has 0 saturated carbocycles. The molecule has 72 heavy (non-hydrogen) atoms. The zero-order chi connectivity index (χ0) is 49.9. The van der Waals surface area contributed by atoms with Crippen LogP contribution >= 0.6 is 0 Å². The van der Waals surface area contributed by atoms with Gasteiger partial charge in [-0.25, -0.2) is 9.97 Å². The smallest absolute Gasteiger partial charge is 0.147 e. The van der Waals surface area contributed by atoms with Gasteiger partial charge in [0.2, 0.25) is 0 Å². The van der Waals surface area contributed by atoms with Crippen molar-refractivity contribution in [2.45, 2.75) is 6.85 Å². The van der Waals surface area contributed by atoms with Crippen LogP contribution in [0.5, 0.6) is 11.5 Å².